The number of H-pyrrole nitrogens is 5. The number of nitrogen functional groups attached to an aromatic ring is 1. The predicted molar refractivity (Wildman–Crippen MR) is 474 cm³/mol. The molecule has 124 heavy (non-hydrogen) atoms. The normalized spacial score (nSPS) is 32.3. The molecule has 0 unspecified atom stereocenters. The van der Waals surface area contributed by atoms with Crippen molar-refractivity contribution in [3.8, 4) is 0 Å². The summed E-state index contributed by atoms with van der Waals surface area (Å²) >= 11 is 75.2. The van der Waals surface area contributed by atoms with E-state index in [0.717, 1.165) is 32.2 Å². The van der Waals surface area contributed by atoms with Gasteiger partial charge in [-0.1, -0.05) is 86.1 Å². The van der Waals surface area contributed by atoms with Crippen molar-refractivity contribution in [2.45, 2.75) is 227 Å². The molecule has 0 aromatic carbocycles. The first kappa shape index (κ1) is 117. The average Bonchev–Trinajstić information content (AvgIpc) is 1.65. The molecule has 0 radical (unpaired) electrons. The van der Waals surface area contributed by atoms with Crippen molar-refractivity contribution in [3.05, 3.63) is 186 Å². The molecule has 6 aliphatic rings. The molecule has 0 spiro atoms. The van der Waals surface area contributed by atoms with Crippen LogP contribution in [-0.2, 0) is 28.4 Å². The molecular weight excluding hydrogens is 1980 g/mol. The van der Waals surface area contributed by atoms with Gasteiger partial charge in [0.25, 0.3) is 27.8 Å². The molecular formula is C72H105BrCl12F3N13O23. The number of aliphatic hydroxyl groups excluding tert-OH is 6. The number of alkyl halides is 12. The van der Waals surface area contributed by atoms with Crippen LogP contribution in [0.3, 0.4) is 0 Å². The number of ether oxygens (including phenoxy) is 6. The lowest BCUT2D eigenvalue weighted by molar-refractivity contribution is -0.114. The number of rotatable bonds is 18. The molecule has 0 aliphatic carbocycles. The number of nitrogens with two attached hydrogens (primary N) is 1. The van der Waals surface area contributed by atoms with Crippen LogP contribution in [0.2, 0.25) is 0 Å². The van der Waals surface area contributed by atoms with Crippen molar-refractivity contribution in [2.24, 2.45) is 17.8 Å². The Hall–Kier alpha value is -4.65. The van der Waals surface area contributed by atoms with Crippen LogP contribution >= 0.6 is 155 Å². The van der Waals surface area contributed by atoms with Gasteiger partial charge in [-0.05, 0) is 35.2 Å². The van der Waals surface area contributed by atoms with E-state index in [0.29, 0.717) is 41.8 Å². The van der Waals surface area contributed by atoms with E-state index in [1.165, 1.54) is 33.8 Å². The van der Waals surface area contributed by atoms with Crippen LogP contribution in [0.4, 0.5) is 19.0 Å². The fourth-order valence-corrected chi connectivity index (χ4v) is 18.4. The molecule has 0 saturated carbocycles. The van der Waals surface area contributed by atoms with Crippen LogP contribution in [0.5, 0.6) is 0 Å². The molecule has 6 saturated heterocycles. The van der Waals surface area contributed by atoms with Crippen LogP contribution < -0.4 is 67.7 Å². The van der Waals surface area contributed by atoms with E-state index in [1.54, 1.807) is 4.98 Å². The van der Waals surface area contributed by atoms with Crippen molar-refractivity contribution in [1.29, 1.82) is 0 Å². The highest BCUT2D eigenvalue weighted by atomic mass is 79.9. The fourth-order valence-electron chi connectivity index (χ4n) is 13.2. The maximum Gasteiger partial charge on any atom is 0.351 e. The minimum atomic E-state index is -1.56. The van der Waals surface area contributed by atoms with Crippen molar-refractivity contribution in [1.82, 2.24) is 57.3 Å². The monoisotopic (exact) mass is 2080 g/mol. The SMILES string of the molecule is C.C.C.C.C.C.CC[C@@]1(CCl)O[C@@H](n2cc(Br)c(=O)[nH]c2=O)[C@H](Cl)[C@@H]1C.CC[C@@]1(CCl)O[C@@H](n2cc(F)c(=O)[nH]c2=O)[C@H](Cl)[C@@H]1C.CC[C@@]1(CCl)O[C@@H](n2ccc(=O)[nH]c2=O)[C@H](Cl)[C@@H]1C.Nc1nc(=O)n([C@@H]2O[C@@](CO)(CCl)[C@@H](O)[C@H]2Cl)cc1F.O=c1[nH]c(=O)n([C@@H]2O[C@@](CO)(CCl)[C@@H](O)[C@H]2Cl)cc1F.O=c1ccn([C@@H]2O[C@@](CO)(CCl)[C@@H](O)[C@H]2Cl)c(=O)[nH]1. The molecule has 6 fully saturated rings. The Morgan fingerprint density at radius 3 is 0.903 bits per heavy atom. The summed E-state index contributed by atoms with van der Waals surface area (Å²) in [6.07, 6.45) is -1.46. The summed E-state index contributed by atoms with van der Waals surface area (Å²) < 4.78 is 80.3. The lowest BCUT2D eigenvalue weighted by Crippen LogP contribution is -2.47. The quantitative estimate of drug-likeness (QED) is 0.0373. The van der Waals surface area contributed by atoms with Gasteiger partial charge in [-0.25, -0.2) is 33.2 Å². The summed E-state index contributed by atoms with van der Waals surface area (Å²) in [4.78, 5) is 139. The highest BCUT2D eigenvalue weighted by Gasteiger charge is 2.59. The molecule has 6 aromatic rings. The summed E-state index contributed by atoms with van der Waals surface area (Å²) in [7, 11) is 0. The number of hydrogen-bond donors (Lipinski definition) is 12. The number of aromatic amines is 5. The van der Waals surface area contributed by atoms with Crippen LogP contribution in [0.15, 0.2) is 107 Å². The van der Waals surface area contributed by atoms with E-state index in [4.69, 9.17) is 173 Å². The fraction of sp³-hybridized carbons (Fsp3) is 0.667. The van der Waals surface area contributed by atoms with Gasteiger partial charge in [0.1, 0.15) is 51.2 Å². The van der Waals surface area contributed by atoms with Crippen molar-refractivity contribution >= 4 is 161 Å². The Kier molecular flexibility index (Phi) is 45.9. The molecule has 13 N–H and O–H groups in total. The first-order valence-corrected chi connectivity index (χ1v) is 41.8. The maximum atomic E-state index is 13.4. The molecule has 52 heteroatoms. The van der Waals surface area contributed by atoms with Gasteiger partial charge in [-0.15, -0.1) is 139 Å². The van der Waals surface area contributed by atoms with Crippen molar-refractivity contribution in [3.63, 3.8) is 0 Å². The van der Waals surface area contributed by atoms with Crippen LogP contribution in [0.1, 0.15) is 143 Å². The molecule has 6 aromatic heterocycles. The van der Waals surface area contributed by atoms with Gasteiger partial charge in [-0.3, -0.25) is 76.3 Å². The molecule has 0 bridgehead atoms. The molecule has 36 nitrogen and oxygen atoms in total. The second kappa shape index (κ2) is 48.5. The van der Waals surface area contributed by atoms with Crippen LogP contribution in [-0.4, -0.2) is 227 Å². The van der Waals surface area contributed by atoms with Gasteiger partial charge in [0, 0.05) is 48.5 Å². The number of halogens is 16. The highest BCUT2D eigenvalue weighted by Crippen LogP contribution is 2.50. The third kappa shape index (κ3) is 23.6. The second-order valence-corrected chi connectivity index (χ2v) is 33.3. The predicted octanol–water partition coefficient (Wildman–Crippen LogP) is 7.39. The zero-order valence-electron chi connectivity index (χ0n) is 62.4. The minimum Gasteiger partial charge on any atom is -0.393 e. The number of nitrogens with one attached hydrogen (secondary N) is 5. The number of aromatic nitrogens is 12. The van der Waals surface area contributed by atoms with Gasteiger partial charge in [-0.2, -0.15) is 13.8 Å². The summed E-state index contributed by atoms with van der Waals surface area (Å²) in [6, 6.07) is 2.39. The Morgan fingerprint density at radius 2 is 0.637 bits per heavy atom. The average molecular weight is 2080 g/mol. The standard InChI is InChI=1S/C12H15BrCl2N2O3.C12H15Cl2FN2O3.C12H16Cl2N2O3.C10H12Cl2FN3O4.C10H11Cl2FN2O5.C10H12Cl2N2O5.6CH4/c1-3-12(5-14)6(2)8(15)10(20-12)17-4-7(13)9(18)16-11(17)19;1-3-12(5-13)6(2)8(14)10(20-12)17-4-7(15)9(18)16-11(17)19;1-3-12(6-13)7(2)9(14)10(19-12)16-5-4-8(17)15-11(16)18;11-2-10(3-17)6(18)5(12)8(20-10)16-1-4(13)7(14)15-9(16)19;11-2-10(3-16)6(17)5(12)8(20-10)15-1-4(13)7(18)14-9(15)19;11-3-10(4-15)7(17)6(12)8(19-10)14-2-1-5(16)13-9(14)18;;;;;;/h2*4,6,8,10H,3,5H2,1-2H3,(H,16,18,19);4-5,7,9-10H,3,6H2,1-2H3,(H,15,17,18);1,5-6,8,17-18H,2-3H2,(H2,14,15,19);1,5-6,8,16-17H,2-3H2,(H,14,18,19);1-2,6-8,15,17H,3-4H2,(H,13,16,18);6*1H4/t2*6-,8+,10+,12-;7-,9+,10+,12-;2*5-,6+,8-,10-;6-,7+,8-,10-;;;;;;/m000111....../s1. The summed E-state index contributed by atoms with van der Waals surface area (Å²) in [5, 5.41) is 53.2. The Bertz CT molecular complexity index is 4810. The van der Waals surface area contributed by atoms with Crippen molar-refractivity contribution < 1.29 is 72.2 Å². The molecule has 6 aliphatic heterocycles. The van der Waals surface area contributed by atoms with Gasteiger partial charge >= 0.3 is 34.1 Å². The van der Waals surface area contributed by atoms with Gasteiger partial charge in [0.05, 0.1) is 111 Å². The number of aliphatic hydroxyl groups is 6. The lowest BCUT2D eigenvalue weighted by Gasteiger charge is -2.29. The third-order valence-electron chi connectivity index (χ3n) is 21.2. The summed E-state index contributed by atoms with van der Waals surface area (Å²) in [5.74, 6) is -3.83. The second-order valence-electron chi connectivity index (χ2n) is 27.8. The van der Waals surface area contributed by atoms with Gasteiger partial charge in [0.15, 0.2) is 49.0 Å². The van der Waals surface area contributed by atoms with Gasteiger partial charge < -0.3 is 64.8 Å². The van der Waals surface area contributed by atoms with E-state index >= 15 is 0 Å². The first-order valence-electron chi connectivity index (χ1n) is 35.2. The molecule has 12 heterocycles. The Balaban J connectivity index is 0.000000737. The first-order chi connectivity index (χ1) is 55.3. The zero-order valence-corrected chi connectivity index (χ0v) is 73.0. The summed E-state index contributed by atoms with van der Waals surface area (Å²) in [6.45, 7) is 9.83. The van der Waals surface area contributed by atoms with Gasteiger partial charge in [0.2, 0.25) is 11.6 Å². The largest absolute Gasteiger partial charge is 0.393 e. The minimum absolute atomic E-state index is 0. The van der Waals surface area contributed by atoms with E-state index in [1.807, 2.05) is 46.5 Å². The maximum absolute atomic E-state index is 13.4. The van der Waals surface area contributed by atoms with E-state index < -0.39 is 221 Å². The smallest absolute Gasteiger partial charge is 0.351 e. The van der Waals surface area contributed by atoms with E-state index in [-0.39, 0.29) is 95.7 Å². The zero-order chi connectivity index (χ0) is 88.7. The number of nitrogens with zero attached hydrogens (tertiary/aromatic N) is 7. The topological polar surface area (TPSA) is 512 Å². The molecule has 708 valence electrons. The molecule has 12 rings (SSSR count). The highest BCUT2D eigenvalue weighted by molar-refractivity contribution is 9.10. The number of anilines is 1. The Labute approximate surface area is 776 Å². The third-order valence-corrected chi connectivity index (χ3v) is 27.6. The molecule has 24 atom stereocenters. The van der Waals surface area contributed by atoms with Crippen LogP contribution in [0, 0.1) is 35.2 Å². The van der Waals surface area contributed by atoms with Crippen LogP contribution in [0.25, 0.3) is 0 Å². The van der Waals surface area contributed by atoms with E-state index in [9.17, 15) is 96.6 Å². The Morgan fingerprint density at radius 1 is 0.395 bits per heavy atom. The summed E-state index contributed by atoms with van der Waals surface area (Å²) in [5.41, 5.74) is -9.31. The van der Waals surface area contributed by atoms with E-state index in [2.05, 4.69) is 35.9 Å². The lowest BCUT2D eigenvalue weighted by atomic mass is 9.88. The molecule has 0 amide bonds. The number of hydrogen-bond acceptors (Lipinski definition) is 25. The van der Waals surface area contributed by atoms with Crippen molar-refractivity contribution in [2.75, 3.05) is 60.8 Å².